The van der Waals surface area contributed by atoms with Crippen molar-refractivity contribution in [2.24, 2.45) is 0 Å². The molecule has 0 saturated carbocycles. The first kappa shape index (κ1) is 16.0. The highest BCUT2D eigenvalue weighted by atomic mass is 19.1. The van der Waals surface area contributed by atoms with Gasteiger partial charge in [-0.3, -0.25) is 9.59 Å². The van der Waals surface area contributed by atoms with Crippen LogP contribution < -0.4 is 15.0 Å². The number of nitrogens with zero attached hydrogens (tertiary/aromatic N) is 1. The molecule has 1 fully saturated rings. The molecule has 1 N–H and O–H groups in total. The van der Waals surface area contributed by atoms with Crippen LogP contribution in [0.1, 0.15) is 23.2 Å². The highest BCUT2D eigenvalue weighted by Gasteiger charge is 2.25. The fraction of sp³-hybridized carbons (Fsp3) is 0.222. The molecule has 124 valence electrons. The molecule has 1 aliphatic heterocycles. The van der Waals surface area contributed by atoms with Crippen LogP contribution in [0.25, 0.3) is 0 Å². The topological polar surface area (TPSA) is 58.6 Å². The summed E-state index contributed by atoms with van der Waals surface area (Å²) in [6, 6.07) is 10.8. The minimum Gasteiger partial charge on any atom is -0.495 e. The number of ether oxygens (including phenoxy) is 1. The number of hydrogen-bond donors (Lipinski definition) is 1. The van der Waals surface area contributed by atoms with Crippen LogP contribution in [0.2, 0.25) is 0 Å². The number of hydrogen-bond acceptors (Lipinski definition) is 3. The number of rotatable bonds is 4. The van der Waals surface area contributed by atoms with Gasteiger partial charge in [0.1, 0.15) is 11.6 Å². The minimum absolute atomic E-state index is 0.0193. The lowest BCUT2D eigenvalue weighted by molar-refractivity contribution is -0.117. The van der Waals surface area contributed by atoms with Crippen LogP contribution in [0.4, 0.5) is 15.8 Å². The number of amides is 2. The first-order chi connectivity index (χ1) is 11.6. The number of benzene rings is 2. The Morgan fingerprint density at radius 2 is 2.04 bits per heavy atom. The number of halogens is 1. The van der Waals surface area contributed by atoms with E-state index in [4.69, 9.17) is 4.74 Å². The minimum atomic E-state index is -0.585. The van der Waals surface area contributed by atoms with Crippen LogP contribution in [-0.4, -0.2) is 25.5 Å². The molecule has 0 spiro atoms. The summed E-state index contributed by atoms with van der Waals surface area (Å²) in [6.45, 7) is 0.611. The monoisotopic (exact) mass is 328 g/mol. The number of carbonyl (C=O) groups excluding carboxylic acids is 2. The van der Waals surface area contributed by atoms with Crippen molar-refractivity contribution >= 4 is 23.2 Å². The molecule has 3 rings (SSSR count). The standard InChI is InChI=1S/C18H17FN2O3/c1-24-16-9-8-12(11-15(16)21-10-4-7-17(21)22)20-18(23)13-5-2-3-6-14(13)19/h2-3,5-6,8-9,11H,4,7,10H2,1H3,(H,20,23). The van der Waals surface area contributed by atoms with Gasteiger partial charge in [0.05, 0.1) is 18.4 Å². The molecule has 6 heteroatoms. The Balaban J connectivity index is 1.88. The van der Waals surface area contributed by atoms with Crippen molar-refractivity contribution in [2.45, 2.75) is 12.8 Å². The van der Waals surface area contributed by atoms with Crippen molar-refractivity contribution in [3.05, 3.63) is 53.8 Å². The molecule has 0 radical (unpaired) electrons. The van der Waals surface area contributed by atoms with E-state index in [1.54, 1.807) is 29.2 Å². The Morgan fingerprint density at radius 3 is 2.71 bits per heavy atom. The molecule has 2 amide bonds. The van der Waals surface area contributed by atoms with E-state index in [1.165, 1.54) is 25.3 Å². The van der Waals surface area contributed by atoms with E-state index in [0.29, 0.717) is 30.1 Å². The van der Waals surface area contributed by atoms with E-state index in [9.17, 15) is 14.0 Å². The van der Waals surface area contributed by atoms with Gasteiger partial charge in [-0.1, -0.05) is 12.1 Å². The van der Waals surface area contributed by atoms with E-state index in [2.05, 4.69) is 5.32 Å². The average Bonchev–Trinajstić information content (AvgIpc) is 3.01. The molecule has 0 aliphatic carbocycles. The van der Waals surface area contributed by atoms with Crippen LogP contribution in [-0.2, 0) is 4.79 Å². The third kappa shape index (κ3) is 3.08. The van der Waals surface area contributed by atoms with Gasteiger partial charge >= 0.3 is 0 Å². The molecule has 1 heterocycles. The maximum absolute atomic E-state index is 13.7. The molecule has 0 aromatic heterocycles. The van der Waals surface area contributed by atoms with Gasteiger partial charge in [-0.15, -0.1) is 0 Å². The van der Waals surface area contributed by atoms with Crippen molar-refractivity contribution in [1.82, 2.24) is 0 Å². The maximum atomic E-state index is 13.7. The van der Waals surface area contributed by atoms with Gasteiger partial charge in [0.15, 0.2) is 0 Å². The van der Waals surface area contributed by atoms with Crippen molar-refractivity contribution in [1.29, 1.82) is 0 Å². The van der Waals surface area contributed by atoms with E-state index in [0.717, 1.165) is 6.42 Å². The zero-order valence-electron chi connectivity index (χ0n) is 13.2. The van der Waals surface area contributed by atoms with Gasteiger partial charge in [-0.25, -0.2) is 4.39 Å². The second-order valence-electron chi connectivity index (χ2n) is 5.47. The lowest BCUT2D eigenvalue weighted by atomic mass is 10.2. The van der Waals surface area contributed by atoms with E-state index >= 15 is 0 Å². The van der Waals surface area contributed by atoms with Crippen LogP contribution in [0.3, 0.4) is 0 Å². The summed E-state index contributed by atoms with van der Waals surface area (Å²) in [5.74, 6) is -0.560. The van der Waals surface area contributed by atoms with Crippen molar-refractivity contribution in [2.75, 3.05) is 23.9 Å². The lowest BCUT2D eigenvalue weighted by Crippen LogP contribution is -2.24. The second kappa shape index (κ2) is 6.70. The smallest absolute Gasteiger partial charge is 0.258 e. The van der Waals surface area contributed by atoms with Crippen LogP contribution in [0, 0.1) is 5.82 Å². The molecule has 1 saturated heterocycles. The first-order valence-corrected chi connectivity index (χ1v) is 7.64. The van der Waals surface area contributed by atoms with Gasteiger partial charge in [0.25, 0.3) is 5.91 Å². The average molecular weight is 328 g/mol. The maximum Gasteiger partial charge on any atom is 0.258 e. The Bertz CT molecular complexity index is 792. The zero-order chi connectivity index (χ0) is 17.1. The molecule has 2 aromatic carbocycles. The van der Waals surface area contributed by atoms with E-state index in [1.807, 2.05) is 0 Å². The first-order valence-electron chi connectivity index (χ1n) is 7.64. The molecule has 0 bridgehead atoms. The quantitative estimate of drug-likeness (QED) is 0.937. The number of nitrogens with one attached hydrogen (secondary N) is 1. The molecular formula is C18H17FN2O3. The Labute approximate surface area is 139 Å². The molecule has 1 aliphatic rings. The predicted molar refractivity (Wildman–Crippen MR) is 88.9 cm³/mol. The van der Waals surface area contributed by atoms with Crippen molar-refractivity contribution < 1.29 is 18.7 Å². The number of methoxy groups -OCH3 is 1. The molecule has 2 aromatic rings. The van der Waals surface area contributed by atoms with Gasteiger partial charge in [-0.2, -0.15) is 0 Å². The van der Waals surface area contributed by atoms with Gasteiger partial charge in [0, 0.05) is 18.7 Å². The summed E-state index contributed by atoms with van der Waals surface area (Å²) in [6.07, 6.45) is 1.28. The Hall–Kier alpha value is -2.89. The highest BCUT2D eigenvalue weighted by Crippen LogP contribution is 2.34. The Kier molecular flexibility index (Phi) is 4.46. The second-order valence-corrected chi connectivity index (χ2v) is 5.47. The third-order valence-electron chi connectivity index (χ3n) is 3.92. The lowest BCUT2D eigenvalue weighted by Gasteiger charge is -2.20. The van der Waals surface area contributed by atoms with Crippen molar-refractivity contribution in [3.63, 3.8) is 0 Å². The van der Waals surface area contributed by atoms with E-state index in [-0.39, 0.29) is 11.5 Å². The summed E-state index contributed by atoms with van der Waals surface area (Å²) in [7, 11) is 1.52. The molecular weight excluding hydrogens is 311 g/mol. The normalized spacial score (nSPS) is 13.9. The number of carbonyl (C=O) groups is 2. The summed E-state index contributed by atoms with van der Waals surface area (Å²) in [5, 5.41) is 2.66. The predicted octanol–water partition coefficient (Wildman–Crippen LogP) is 3.21. The molecule has 5 nitrogen and oxygen atoms in total. The zero-order valence-corrected chi connectivity index (χ0v) is 13.2. The fourth-order valence-corrected chi connectivity index (χ4v) is 2.73. The van der Waals surface area contributed by atoms with Crippen LogP contribution in [0.5, 0.6) is 5.75 Å². The third-order valence-corrected chi connectivity index (χ3v) is 3.92. The van der Waals surface area contributed by atoms with Gasteiger partial charge in [0.2, 0.25) is 5.91 Å². The summed E-state index contributed by atoms with van der Waals surface area (Å²) < 4.78 is 19.0. The summed E-state index contributed by atoms with van der Waals surface area (Å²) >= 11 is 0. The SMILES string of the molecule is COc1ccc(NC(=O)c2ccccc2F)cc1N1CCCC1=O. The fourth-order valence-electron chi connectivity index (χ4n) is 2.73. The highest BCUT2D eigenvalue weighted by molar-refractivity contribution is 6.05. The largest absolute Gasteiger partial charge is 0.495 e. The molecule has 24 heavy (non-hydrogen) atoms. The molecule has 0 atom stereocenters. The van der Waals surface area contributed by atoms with Gasteiger partial charge in [-0.05, 0) is 36.8 Å². The summed E-state index contributed by atoms with van der Waals surface area (Å²) in [4.78, 5) is 25.8. The number of anilines is 2. The van der Waals surface area contributed by atoms with Crippen molar-refractivity contribution in [3.8, 4) is 5.75 Å². The molecule has 0 unspecified atom stereocenters. The Morgan fingerprint density at radius 1 is 1.25 bits per heavy atom. The van der Waals surface area contributed by atoms with Crippen LogP contribution in [0.15, 0.2) is 42.5 Å². The van der Waals surface area contributed by atoms with E-state index < -0.39 is 11.7 Å². The van der Waals surface area contributed by atoms with Gasteiger partial charge < -0.3 is 15.0 Å². The van der Waals surface area contributed by atoms with Crippen LogP contribution >= 0.6 is 0 Å². The summed E-state index contributed by atoms with van der Waals surface area (Å²) in [5.41, 5.74) is 1.04.